The van der Waals surface area contributed by atoms with Gasteiger partial charge < -0.3 is 10.1 Å². The van der Waals surface area contributed by atoms with Gasteiger partial charge in [-0.3, -0.25) is 0 Å². The first-order chi connectivity index (χ1) is 8.35. The maximum Gasteiger partial charge on any atom is 0.123 e. The van der Waals surface area contributed by atoms with E-state index in [1.54, 1.807) is 7.11 Å². The fourth-order valence-electron chi connectivity index (χ4n) is 1.84. The highest BCUT2D eigenvalue weighted by Gasteiger charge is 2.26. The largest absolute Gasteiger partial charge is 0.377 e. The maximum absolute atomic E-state index is 12.8. The number of ether oxygens (including phenoxy) is 1. The molecule has 1 N–H and O–H groups in total. The van der Waals surface area contributed by atoms with E-state index in [2.05, 4.69) is 33.0 Å². The minimum Gasteiger partial charge on any atom is -0.377 e. The summed E-state index contributed by atoms with van der Waals surface area (Å²) >= 11 is 0. The van der Waals surface area contributed by atoms with Gasteiger partial charge in [-0.2, -0.15) is 0 Å². The van der Waals surface area contributed by atoms with Gasteiger partial charge in [0.05, 0.1) is 5.60 Å². The Morgan fingerprint density at radius 3 is 2.28 bits per heavy atom. The van der Waals surface area contributed by atoms with Crippen molar-refractivity contribution in [2.75, 3.05) is 7.11 Å². The average Bonchev–Trinajstić information content (AvgIpc) is 2.32. The molecule has 1 aromatic rings. The van der Waals surface area contributed by atoms with Crippen LogP contribution in [0.3, 0.4) is 0 Å². The predicted molar refractivity (Wildman–Crippen MR) is 73.3 cm³/mol. The van der Waals surface area contributed by atoms with Crippen LogP contribution in [-0.2, 0) is 11.2 Å². The summed E-state index contributed by atoms with van der Waals surface area (Å²) in [5.74, 6) is -0.187. The van der Waals surface area contributed by atoms with Crippen molar-refractivity contribution in [1.29, 1.82) is 0 Å². The van der Waals surface area contributed by atoms with Gasteiger partial charge in [-0.15, -0.1) is 0 Å². The third-order valence-corrected chi connectivity index (χ3v) is 3.56. The molecule has 0 bridgehead atoms. The Kier molecular flexibility index (Phi) is 5.29. The van der Waals surface area contributed by atoms with Gasteiger partial charge in [0, 0.05) is 19.2 Å². The van der Waals surface area contributed by atoms with Crippen LogP contribution in [0.25, 0.3) is 0 Å². The Balaban J connectivity index is 2.51. The van der Waals surface area contributed by atoms with Crippen LogP contribution in [-0.4, -0.2) is 24.8 Å². The van der Waals surface area contributed by atoms with Gasteiger partial charge in [-0.1, -0.05) is 12.1 Å². The minimum atomic E-state index is -0.197. The van der Waals surface area contributed by atoms with Crippen LogP contribution in [0, 0.1) is 5.82 Å². The van der Waals surface area contributed by atoms with Crippen LogP contribution in [0.4, 0.5) is 4.39 Å². The van der Waals surface area contributed by atoms with Crippen LogP contribution in [0.1, 0.15) is 33.3 Å². The van der Waals surface area contributed by atoms with Crippen molar-refractivity contribution in [2.45, 2.75) is 51.8 Å². The van der Waals surface area contributed by atoms with Crippen molar-refractivity contribution in [3.05, 3.63) is 35.6 Å². The summed E-state index contributed by atoms with van der Waals surface area (Å²) in [6.07, 6.45) is 0.879. The van der Waals surface area contributed by atoms with Gasteiger partial charge in [-0.05, 0) is 51.8 Å². The molecule has 2 atom stereocenters. The lowest BCUT2D eigenvalue weighted by Gasteiger charge is -2.33. The summed E-state index contributed by atoms with van der Waals surface area (Å²) in [6.45, 7) is 8.38. The standard InChI is InChI=1S/C15H24FNO/c1-11(17-12(2)15(3,4)18-5)10-13-6-8-14(16)9-7-13/h6-9,11-12,17H,10H2,1-5H3. The molecule has 0 fully saturated rings. The second-order valence-corrected chi connectivity index (χ2v) is 5.43. The molecule has 18 heavy (non-hydrogen) atoms. The summed E-state index contributed by atoms with van der Waals surface area (Å²) in [6, 6.07) is 7.24. The van der Waals surface area contributed by atoms with E-state index in [9.17, 15) is 4.39 Å². The number of benzene rings is 1. The number of rotatable bonds is 6. The molecule has 0 aliphatic heterocycles. The van der Waals surface area contributed by atoms with Crippen molar-refractivity contribution in [3.8, 4) is 0 Å². The normalized spacial score (nSPS) is 15.4. The van der Waals surface area contributed by atoms with Crippen molar-refractivity contribution in [3.63, 3.8) is 0 Å². The van der Waals surface area contributed by atoms with Crippen LogP contribution in [0.2, 0.25) is 0 Å². The molecule has 0 radical (unpaired) electrons. The van der Waals surface area contributed by atoms with Gasteiger partial charge in [0.2, 0.25) is 0 Å². The van der Waals surface area contributed by atoms with E-state index in [1.165, 1.54) is 12.1 Å². The minimum absolute atomic E-state index is 0.187. The highest BCUT2D eigenvalue weighted by molar-refractivity contribution is 5.17. The number of hydrogen-bond donors (Lipinski definition) is 1. The van der Waals surface area contributed by atoms with Crippen molar-refractivity contribution in [2.24, 2.45) is 0 Å². The second kappa shape index (κ2) is 6.30. The summed E-state index contributed by atoms with van der Waals surface area (Å²) in [7, 11) is 1.73. The molecule has 2 unspecified atom stereocenters. The topological polar surface area (TPSA) is 21.3 Å². The van der Waals surface area contributed by atoms with Gasteiger partial charge in [-0.25, -0.2) is 4.39 Å². The highest BCUT2D eigenvalue weighted by atomic mass is 19.1. The molecule has 3 heteroatoms. The Hall–Kier alpha value is -0.930. The first-order valence-electron chi connectivity index (χ1n) is 6.41. The number of hydrogen-bond acceptors (Lipinski definition) is 2. The lowest BCUT2D eigenvalue weighted by molar-refractivity contribution is -0.00755. The van der Waals surface area contributed by atoms with Gasteiger partial charge in [0.15, 0.2) is 0 Å². The summed E-state index contributed by atoms with van der Waals surface area (Å²) in [5.41, 5.74) is 0.940. The quantitative estimate of drug-likeness (QED) is 0.841. The van der Waals surface area contributed by atoms with Gasteiger partial charge >= 0.3 is 0 Å². The van der Waals surface area contributed by atoms with Crippen LogP contribution >= 0.6 is 0 Å². The Bertz CT molecular complexity index is 361. The fraction of sp³-hybridized carbons (Fsp3) is 0.600. The zero-order chi connectivity index (χ0) is 13.8. The van der Waals surface area contributed by atoms with Crippen molar-refractivity contribution in [1.82, 2.24) is 5.32 Å². The van der Waals surface area contributed by atoms with E-state index in [4.69, 9.17) is 4.74 Å². The lowest BCUT2D eigenvalue weighted by Crippen LogP contribution is -2.49. The van der Waals surface area contributed by atoms with E-state index >= 15 is 0 Å². The molecule has 1 rings (SSSR count). The van der Waals surface area contributed by atoms with E-state index in [-0.39, 0.29) is 17.5 Å². The third-order valence-electron chi connectivity index (χ3n) is 3.56. The third kappa shape index (κ3) is 4.39. The van der Waals surface area contributed by atoms with Crippen LogP contribution in [0.15, 0.2) is 24.3 Å². The van der Waals surface area contributed by atoms with E-state index in [0.717, 1.165) is 12.0 Å². The molecular weight excluding hydrogens is 229 g/mol. The molecule has 1 aromatic carbocycles. The second-order valence-electron chi connectivity index (χ2n) is 5.43. The first-order valence-corrected chi connectivity index (χ1v) is 6.41. The molecule has 0 amide bonds. The van der Waals surface area contributed by atoms with E-state index in [1.807, 2.05) is 12.1 Å². The molecule has 0 aliphatic carbocycles. The van der Waals surface area contributed by atoms with E-state index in [0.29, 0.717) is 6.04 Å². The maximum atomic E-state index is 12.8. The number of methoxy groups -OCH3 is 1. The van der Waals surface area contributed by atoms with Crippen molar-refractivity contribution >= 4 is 0 Å². The molecule has 102 valence electrons. The monoisotopic (exact) mass is 253 g/mol. The number of halogens is 1. The molecule has 0 saturated carbocycles. The molecular formula is C15H24FNO. The zero-order valence-corrected chi connectivity index (χ0v) is 12.0. The molecule has 0 spiro atoms. The molecule has 2 nitrogen and oxygen atoms in total. The van der Waals surface area contributed by atoms with Gasteiger partial charge in [0.1, 0.15) is 5.82 Å². The van der Waals surface area contributed by atoms with Crippen molar-refractivity contribution < 1.29 is 9.13 Å². The Labute approximate surface area is 110 Å². The predicted octanol–water partition coefficient (Wildman–Crippen LogP) is 3.16. The summed E-state index contributed by atoms with van der Waals surface area (Å²) < 4.78 is 18.3. The fourth-order valence-corrected chi connectivity index (χ4v) is 1.84. The smallest absolute Gasteiger partial charge is 0.123 e. The zero-order valence-electron chi connectivity index (χ0n) is 12.0. The Morgan fingerprint density at radius 2 is 1.78 bits per heavy atom. The Morgan fingerprint density at radius 1 is 1.22 bits per heavy atom. The highest BCUT2D eigenvalue weighted by Crippen LogP contribution is 2.14. The van der Waals surface area contributed by atoms with Crippen LogP contribution < -0.4 is 5.32 Å². The molecule has 0 aliphatic rings. The first kappa shape index (κ1) is 15.1. The molecule has 0 aromatic heterocycles. The molecule has 0 heterocycles. The SMILES string of the molecule is COC(C)(C)C(C)NC(C)Cc1ccc(F)cc1. The van der Waals surface area contributed by atoms with Crippen LogP contribution in [0.5, 0.6) is 0 Å². The average molecular weight is 253 g/mol. The van der Waals surface area contributed by atoms with E-state index < -0.39 is 0 Å². The summed E-state index contributed by atoms with van der Waals surface area (Å²) in [5, 5.41) is 3.52. The lowest BCUT2D eigenvalue weighted by atomic mass is 9.98. The molecule has 0 saturated heterocycles. The van der Waals surface area contributed by atoms with Gasteiger partial charge in [0.25, 0.3) is 0 Å². The summed E-state index contributed by atoms with van der Waals surface area (Å²) in [4.78, 5) is 0. The number of nitrogens with one attached hydrogen (secondary N) is 1.